The Morgan fingerprint density at radius 1 is 1.17 bits per heavy atom. The number of carbonyl (C=O) groups excluding carboxylic acids is 2. The third-order valence-corrected chi connectivity index (χ3v) is 4.99. The van der Waals surface area contributed by atoms with Gasteiger partial charge < -0.3 is 16.0 Å². The SMILES string of the molecule is Cc1ccccc1NC(=O)C1CC(=O)Nc2nc(Nc3cccc(Cl)c3)[nH]c(=O)c21. The summed E-state index contributed by atoms with van der Waals surface area (Å²) >= 11 is 5.97. The summed E-state index contributed by atoms with van der Waals surface area (Å²) in [6.45, 7) is 1.86. The van der Waals surface area contributed by atoms with Gasteiger partial charge in [0.15, 0.2) is 0 Å². The van der Waals surface area contributed by atoms with Crippen LogP contribution in [0.15, 0.2) is 53.3 Å². The lowest BCUT2D eigenvalue weighted by atomic mass is 9.92. The normalized spacial score (nSPS) is 15.1. The van der Waals surface area contributed by atoms with Gasteiger partial charge in [-0.15, -0.1) is 0 Å². The van der Waals surface area contributed by atoms with E-state index in [1.165, 1.54) is 0 Å². The predicted molar refractivity (Wildman–Crippen MR) is 115 cm³/mol. The number of hydrogen-bond acceptors (Lipinski definition) is 5. The fraction of sp³-hybridized carbons (Fsp3) is 0.143. The van der Waals surface area contributed by atoms with Gasteiger partial charge in [-0.3, -0.25) is 19.4 Å². The van der Waals surface area contributed by atoms with Gasteiger partial charge in [0.2, 0.25) is 17.8 Å². The quantitative estimate of drug-likeness (QED) is 0.512. The highest BCUT2D eigenvalue weighted by atomic mass is 35.5. The predicted octanol–water partition coefficient (Wildman–Crippen LogP) is 3.54. The largest absolute Gasteiger partial charge is 0.326 e. The van der Waals surface area contributed by atoms with Crippen LogP contribution >= 0.6 is 11.6 Å². The summed E-state index contributed by atoms with van der Waals surface area (Å²) in [5, 5.41) is 8.84. The van der Waals surface area contributed by atoms with Crippen LogP contribution in [0.4, 0.5) is 23.1 Å². The third-order valence-electron chi connectivity index (χ3n) is 4.76. The third kappa shape index (κ3) is 4.04. The average Bonchev–Trinajstić information content (AvgIpc) is 2.68. The molecule has 0 aliphatic carbocycles. The van der Waals surface area contributed by atoms with Crippen molar-refractivity contribution in [3.8, 4) is 0 Å². The van der Waals surface area contributed by atoms with Crippen molar-refractivity contribution in [1.82, 2.24) is 9.97 Å². The van der Waals surface area contributed by atoms with Gasteiger partial charge in [0, 0.05) is 22.8 Å². The number of benzene rings is 2. The summed E-state index contributed by atoms with van der Waals surface area (Å²) in [6.07, 6.45) is -0.142. The number of nitrogens with zero attached hydrogens (tertiary/aromatic N) is 1. The van der Waals surface area contributed by atoms with Crippen LogP contribution in [0.2, 0.25) is 5.02 Å². The van der Waals surface area contributed by atoms with Crippen LogP contribution in [-0.4, -0.2) is 21.8 Å². The molecule has 0 fully saturated rings. The van der Waals surface area contributed by atoms with Crippen molar-refractivity contribution in [2.45, 2.75) is 19.3 Å². The van der Waals surface area contributed by atoms with E-state index in [0.29, 0.717) is 16.4 Å². The molecule has 1 unspecified atom stereocenters. The number of fused-ring (bicyclic) bond motifs is 1. The molecule has 1 aliphatic rings. The van der Waals surface area contributed by atoms with Crippen LogP contribution in [0.5, 0.6) is 0 Å². The molecule has 152 valence electrons. The molecule has 2 amide bonds. The van der Waals surface area contributed by atoms with Crippen LogP contribution in [-0.2, 0) is 9.59 Å². The number of H-pyrrole nitrogens is 1. The summed E-state index contributed by atoms with van der Waals surface area (Å²) in [7, 11) is 0. The number of amides is 2. The summed E-state index contributed by atoms with van der Waals surface area (Å²) in [5.41, 5.74) is 1.73. The fourth-order valence-electron chi connectivity index (χ4n) is 3.29. The Morgan fingerprint density at radius 3 is 2.73 bits per heavy atom. The molecular weight excluding hydrogens is 406 g/mol. The van der Waals surface area contributed by atoms with E-state index in [9.17, 15) is 14.4 Å². The fourth-order valence-corrected chi connectivity index (χ4v) is 3.48. The Morgan fingerprint density at radius 2 is 1.97 bits per heavy atom. The second-order valence-electron chi connectivity index (χ2n) is 6.92. The van der Waals surface area contributed by atoms with E-state index in [0.717, 1.165) is 5.56 Å². The van der Waals surface area contributed by atoms with Gasteiger partial charge in [0.05, 0.1) is 11.5 Å². The van der Waals surface area contributed by atoms with Gasteiger partial charge in [0.25, 0.3) is 5.56 Å². The minimum absolute atomic E-state index is 0.0597. The van der Waals surface area contributed by atoms with Crippen molar-refractivity contribution in [2.24, 2.45) is 0 Å². The van der Waals surface area contributed by atoms with Gasteiger partial charge in [-0.05, 0) is 36.8 Å². The van der Waals surface area contributed by atoms with Crippen LogP contribution in [0.25, 0.3) is 0 Å². The van der Waals surface area contributed by atoms with Crippen LogP contribution in [0, 0.1) is 6.92 Å². The zero-order chi connectivity index (χ0) is 21.3. The number of hydrogen-bond donors (Lipinski definition) is 4. The topological polar surface area (TPSA) is 116 Å². The monoisotopic (exact) mass is 423 g/mol. The van der Waals surface area contributed by atoms with Gasteiger partial charge >= 0.3 is 0 Å². The second kappa shape index (κ2) is 8.00. The lowest BCUT2D eigenvalue weighted by Crippen LogP contribution is -2.36. The number of rotatable bonds is 4. The summed E-state index contributed by atoms with van der Waals surface area (Å²) in [5.74, 6) is -1.60. The van der Waals surface area contributed by atoms with Crippen LogP contribution in [0.1, 0.15) is 23.5 Å². The molecule has 8 nitrogen and oxygen atoms in total. The first kappa shape index (κ1) is 19.7. The van der Waals surface area contributed by atoms with Gasteiger partial charge in [-0.1, -0.05) is 35.9 Å². The molecule has 0 saturated heterocycles. The summed E-state index contributed by atoms with van der Waals surface area (Å²) < 4.78 is 0. The Balaban J connectivity index is 1.65. The van der Waals surface area contributed by atoms with Crippen molar-refractivity contribution >= 4 is 46.6 Å². The Bertz CT molecular complexity index is 1210. The van der Waals surface area contributed by atoms with E-state index in [4.69, 9.17) is 11.6 Å². The minimum Gasteiger partial charge on any atom is -0.326 e. The number of anilines is 4. The van der Waals surface area contributed by atoms with E-state index in [2.05, 4.69) is 25.9 Å². The number of halogens is 1. The Kier molecular flexibility index (Phi) is 5.24. The first-order chi connectivity index (χ1) is 14.4. The molecule has 4 rings (SSSR count). The molecule has 1 aliphatic heterocycles. The molecule has 3 aromatic rings. The molecule has 2 aromatic carbocycles. The van der Waals surface area contributed by atoms with E-state index in [1.54, 1.807) is 36.4 Å². The number of nitrogens with one attached hydrogen (secondary N) is 4. The van der Waals surface area contributed by atoms with Crippen molar-refractivity contribution in [3.63, 3.8) is 0 Å². The van der Waals surface area contributed by atoms with Crippen molar-refractivity contribution in [2.75, 3.05) is 16.0 Å². The Hall–Kier alpha value is -3.65. The molecule has 2 heterocycles. The maximum absolute atomic E-state index is 12.9. The minimum atomic E-state index is -0.954. The van der Waals surface area contributed by atoms with Gasteiger partial charge in [-0.2, -0.15) is 4.98 Å². The average molecular weight is 424 g/mol. The molecule has 0 radical (unpaired) electrons. The molecule has 0 bridgehead atoms. The molecule has 4 N–H and O–H groups in total. The van der Waals surface area contributed by atoms with Gasteiger partial charge in [0.1, 0.15) is 5.82 Å². The van der Waals surface area contributed by atoms with Crippen LogP contribution < -0.4 is 21.5 Å². The van der Waals surface area contributed by atoms with Crippen molar-refractivity contribution in [1.29, 1.82) is 0 Å². The zero-order valence-corrected chi connectivity index (χ0v) is 16.7. The zero-order valence-electron chi connectivity index (χ0n) is 16.0. The first-order valence-electron chi connectivity index (χ1n) is 9.24. The number of aryl methyl sites for hydroxylation is 1. The van der Waals surface area contributed by atoms with E-state index < -0.39 is 17.4 Å². The molecule has 30 heavy (non-hydrogen) atoms. The lowest BCUT2D eigenvalue weighted by molar-refractivity contribution is -0.123. The summed E-state index contributed by atoms with van der Waals surface area (Å²) in [6, 6.07) is 14.2. The molecule has 1 atom stereocenters. The van der Waals surface area contributed by atoms with Crippen molar-refractivity contribution in [3.05, 3.63) is 75.0 Å². The van der Waals surface area contributed by atoms with E-state index in [1.807, 2.05) is 19.1 Å². The Labute approximate surface area is 176 Å². The number of aromatic amines is 1. The van der Waals surface area contributed by atoms with Gasteiger partial charge in [-0.25, -0.2) is 0 Å². The van der Waals surface area contributed by atoms with Crippen molar-refractivity contribution < 1.29 is 9.59 Å². The number of para-hydroxylation sites is 1. The number of aromatic nitrogens is 2. The highest BCUT2D eigenvalue weighted by Crippen LogP contribution is 2.30. The maximum atomic E-state index is 12.9. The number of carbonyl (C=O) groups is 2. The molecule has 1 aromatic heterocycles. The highest BCUT2D eigenvalue weighted by Gasteiger charge is 2.34. The first-order valence-corrected chi connectivity index (χ1v) is 9.61. The van der Waals surface area contributed by atoms with E-state index >= 15 is 0 Å². The molecule has 0 saturated carbocycles. The second-order valence-corrected chi connectivity index (χ2v) is 7.36. The smallest absolute Gasteiger partial charge is 0.258 e. The standard InChI is InChI=1S/C21H18ClN5O3/c1-11-5-2-3-8-15(11)24-19(29)14-10-16(28)25-18-17(14)20(30)27-21(26-18)23-13-7-4-6-12(22)9-13/h2-9,14H,10H2,1H3,(H,24,29)(H3,23,25,26,27,28,30). The molecule has 0 spiro atoms. The summed E-state index contributed by atoms with van der Waals surface area (Å²) in [4.78, 5) is 44.8. The highest BCUT2D eigenvalue weighted by molar-refractivity contribution is 6.30. The van der Waals surface area contributed by atoms with Crippen LogP contribution in [0.3, 0.4) is 0 Å². The molecular formula is C21H18ClN5O3. The maximum Gasteiger partial charge on any atom is 0.258 e. The van der Waals surface area contributed by atoms with E-state index in [-0.39, 0.29) is 29.7 Å². The molecule has 9 heteroatoms. The lowest BCUT2D eigenvalue weighted by Gasteiger charge is -2.24.